The third kappa shape index (κ3) is 3.44. The van der Waals surface area contributed by atoms with Crippen molar-refractivity contribution in [3.63, 3.8) is 0 Å². The fourth-order valence-corrected chi connectivity index (χ4v) is 2.86. The minimum Gasteiger partial charge on any atom is -0.480 e. The van der Waals surface area contributed by atoms with E-state index in [4.69, 9.17) is 5.11 Å². The van der Waals surface area contributed by atoms with E-state index in [0.717, 1.165) is 0 Å². The molecule has 0 spiro atoms. The molecule has 2 heterocycles. The lowest BCUT2D eigenvalue weighted by molar-refractivity contribution is -0.141. The molecule has 8 nitrogen and oxygen atoms in total. The number of carboxylic acid groups (broad SMARTS) is 1. The number of amides is 3. The lowest BCUT2D eigenvalue weighted by Crippen LogP contribution is -2.49. The van der Waals surface area contributed by atoms with Crippen LogP contribution in [0.2, 0.25) is 0 Å². The quantitative estimate of drug-likeness (QED) is 0.659. The van der Waals surface area contributed by atoms with Gasteiger partial charge in [-0.1, -0.05) is 0 Å². The number of hydrogen-bond acceptors (Lipinski definition) is 4. The van der Waals surface area contributed by atoms with Crippen LogP contribution in [0.1, 0.15) is 19.8 Å². The van der Waals surface area contributed by atoms with E-state index in [2.05, 4.69) is 0 Å². The SMILES string of the molecule is CC(=O)N1CCCN(C(=O)N2C[C@@H](O)C[C@H]2C(=O)O)CC1. The lowest BCUT2D eigenvalue weighted by Gasteiger charge is -2.29. The number of likely N-dealkylation sites (tertiary alicyclic amines) is 1. The van der Waals surface area contributed by atoms with Crippen LogP contribution in [0.25, 0.3) is 0 Å². The van der Waals surface area contributed by atoms with Crippen LogP contribution < -0.4 is 0 Å². The molecule has 0 unspecified atom stereocenters. The van der Waals surface area contributed by atoms with Gasteiger partial charge in [0, 0.05) is 46.1 Å². The number of carbonyl (C=O) groups is 3. The topological polar surface area (TPSA) is 101 Å². The molecule has 0 bridgehead atoms. The number of aliphatic hydroxyl groups is 1. The normalized spacial score (nSPS) is 26.7. The number of aliphatic hydroxyl groups excluding tert-OH is 1. The van der Waals surface area contributed by atoms with Crippen molar-refractivity contribution in [3.05, 3.63) is 0 Å². The minimum atomic E-state index is -1.10. The van der Waals surface area contributed by atoms with Gasteiger partial charge < -0.3 is 24.9 Å². The Morgan fingerprint density at radius 3 is 2.29 bits per heavy atom. The van der Waals surface area contributed by atoms with Crippen molar-refractivity contribution >= 4 is 17.9 Å². The van der Waals surface area contributed by atoms with Crippen molar-refractivity contribution in [1.82, 2.24) is 14.7 Å². The van der Waals surface area contributed by atoms with E-state index in [1.54, 1.807) is 9.80 Å². The molecule has 0 saturated carbocycles. The Kier molecular flexibility index (Phi) is 4.66. The van der Waals surface area contributed by atoms with Gasteiger partial charge >= 0.3 is 12.0 Å². The molecule has 2 fully saturated rings. The van der Waals surface area contributed by atoms with E-state index in [9.17, 15) is 19.5 Å². The zero-order valence-electron chi connectivity index (χ0n) is 12.1. The van der Waals surface area contributed by atoms with E-state index in [1.807, 2.05) is 0 Å². The second-order valence-electron chi connectivity index (χ2n) is 5.53. The van der Waals surface area contributed by atoms with Gasteiger partial charge in [0.25, 0.3) is 0 Å². The van der Waals surface area contributed by atoms with E-state index < -0.39 is 18.1 Å². The maximum atomic E-state index is 12.5. The first-order valence-electron chi connectivity index (χ1n) is 7.12. The largest absolute Gasteiger partial charge is 0.480 e. The molecule has 2 N–H and O–H groups in total. The van der Waals surface area contributed by atoms with Gasteiger partial charge in [-0.15, -0.1) is 0 Å². The first kappa shape index (κ1) is 15.6. The molecule has 0 radical (unpaired) electrons. The Morgan fingerprint density at radius 1 is 1.05 bits per heavy atom. The zero-order chi connectivity index (χ0) is 15.6. The summed E-state index contributed by atoms with van der Waals surface area (Å²) in [6, 6.07) is -1.34. The molecular weight excluding hydrogens is 278 g/mol. The fourth-order valence-electron chi connectivity index (χ4n) is 2.86. The molecular formula is C13H21N3O5. The summed E-state index contributed by atoms with van der Waals surface area (Å²) in [5, 5.41) is 18.8. The molecule has 118 valence electrons. The number of carbonyl (C=O) groups excluding carboxylic acids is 2. The van der Waals surface area contributed by atoms with Crippen LogP contribution in [-0.4, -0.2) is 87.7 Å². The van der Waals surface area contributed by atoms with E-state index >= 15 is 0 Å². The molecule has 2 saturated heterocycles. The summed E-state index contributed by atoms with van der Waals surface area (Å²) in [7, 11) is 0. The number of urea groups is 1. The van der Waals surface area contributed by atoms with Crippen LogP contribution in [0.5, 0.6) is 0 Å². The Balaban J connectivity index is 2.02. The Hall–Kier alpha value is -1.83. The van der Waals surface area contributed by atoms with Gasteiger partial charge in [-0.05, 0) is 6.42 Å². The molecule has 21 heavy (non-hydrogen) atoms. The van der Waals surface area contributed by atoms with Crippen LogP contribution in [0, 0.1) is 0 Å². The number of rotatable bonds is 1. The van der Waals surface area contributed by atoms with Crippen LogP contribution in [0.15, 0.2) is 0 Å². The lowest BCUT2D eigenvalue weighted by atomic mass is 10.2. The first-order chi connectivity index (χ1) is 9.90. The summed E-state index contributed by atoms with van der Waals surface area (Å²) < 4.78 is 0. The monoisotopic (exact) mass is 299 g/mol. The van der Waals surface area contributed by atoms with E-state index in [1.165, 1.54) is 11.8 Å². The number of hydrogen-bond donors (Lipinski definition) is 2. The summed E-state index contributed by atoms with van der Waals surface area (Å²) in [5.41, 5.74) is 0. The molecule has 2 aliphatic heterocycles. The highest BCUT2D eigenvalue weighted by Crippen LogP contribution is 2.20. The molecule has 0 aromatic carbocycles. The average Bonchev–Trinajstić information content (AvgIpc) is 2.66. The molecule has 0 aliphatic carbocycles. The predicted molar refractivity (Wildman–Crippen MR) is 72.6 cm³/mol. The highest BCUT2D eigenvalue weighted by Gasteiger charge is 2.40. The molecule has 2 aliphatic rings. The predicted octanol–water partition coefficient (Wildman–Crippen LogP) is -0.820. The summed E-state index contributed by atoms with van der Waals surface area (Å²) >= 11 is 0. The Labute approximate surface area is 122 Å². The maximum absolute atomic E-state index is 12.5. The van der Waals surface area contributed by atoms with Crippen molar-refractivity contribution in [1.29, 1.82) is 0 Å². The van der Waals surface area contributed by atoms with Gasteiger partial charge in [0.05, 0.1) is 6.10 Å². The maximum Gasteiger partial charge on any atom is 0.326 e. The van der Waals surface area contributed by atoms with E-state index in [-0.39, 0.29) is 24.9 Å². The standard InChI is InChI=1S/C13H21N3O5/c1-9(17)14-3-2-4-15(6-5-14)13(21)16-8-10(18)7-11(16)12(19)20/h10-11,18H,2-8H2,1H3,(H,19,20)/t10-,11-/m0/s1. The number of β-amino-alcohol motifs (C(OH)–C–C–N with tert-alkyl or cyclic N) is 1. The van der Waals surface area contributed by atoms with Crippen molar-refractivity contribution in [2.24, 2.45) is 0 Å². The smallest absolute Gasteiger partial charge is 0.326 e. The molecule has 8 heteroatoms. The number of nitrogens with zero attached hydrogens (tertiary/aromatic N) is 3. The van der Waals surface area contributed by atoms with Crippen LogP contribution >= 0.6 is 0 Å². The minimum absolute atomic E-state index is 0.0238. The van der Waals surface area contributed by atoms with Crippen molar-refractivity contribution in [3.8, 4) is 0 Å². The van der Waals surface area contributed by atoms with Gasteiger partial charge in [0.15, 0.2) is 0 Å². The highest BCUT2D eigenvalue weighted by molar-refractivity contribution is 5.83. The first-order valence-corrected chi connectivity index (χ1v) is 7.12. The zero-order valence-corrected chi connectivity index (χ0v) is 12.1. The van der Waals surface area contributed by atoms with Crippen LogP contribution in [0.4, 0.5) is 4.79 Å². The average molecular weight is 299 g/mol. The molecule has 3 amide bonds. The van der Waals surface area contributed by atoms with E-state index in [0.29, 0.717) is 32.6 Å². The summed E-state index contributed by atoms with van der Waals surface area (Å²) in [6.45, 7) is 3.47. The summed E-state index contributed by atoms with van der Waals surface area (Å²) in [5.74, 6) is -1.12. The van der Waals surface area contributed by atoms with Gasteiger partial charge in [0.1, 0.15) is 6.04 Å². The number of aliphatic carboxylic acids is 1. The second kappa shape index (κ2) is 6.30. The van der Waals surface area contributed by atoms with Gasteiger partial charge in [-0.25, -0.2) is 9.59 Å². The third-order valence-corrected chi connectivity index (χ3v) is 4.02. The summed E-state index contributed by atoms with van der Waals surface area (Å²) in [4.78, 5) is 39.5. The Morgan fingerprint density at radius 2 is 1.67 bits per heavy atom. The van der Waals surface area contributed by atoms with Gasteiger partial charge in [-0.2, -0.15) is 0 Å². The number of carboxylic acids is 1. The fraction of sp³-hybridized carbons (Fsp3) is 0.769. The second-order valence-corrected chi connectivity index (χ2v) is 5.53. The van der Waals surface area contributed by atoms with Crippen molar-refractivity contribution in [2.75, 3.05) is 32.7 Å². The molecule has 2 rings (SSSR count). The summed E-state index contributed by atoms with van der Waals surface area (Å²) in [6.07, 6.45) is -0.0655. The van der Waals surface area contributed by atoms with Crippen LogP contribution in [0.3, 0.4) is 0 Å². The third-order valence-electron chi connectivity index (χ3n) is 4.02. The van der Waals surface area contributed by atoms with Crippen molar-refractivity contribution in [2.45, 2.75) is 31.9 Å². The van der Waals surface area contributed by atoms with Gasteiger partial charge in [0.2, 0.25) is 5.91 Å². The molecule has 0 aromatic rings. The van der Waals surface area contributed by atoms with Crippen LogP contribution in [-0.2, 0) is 9.59 Å². The Bertz CT molecular complexity index is 442. The molecule has 2 atom stereocenters. The van der Waals surface area contributed by atoms with Gasteiger partial charge in [-0.3, -0.25) is 4.79 Å². The van der Waals surface area contributed by atoms with Crippen molar-refractivity contribution < 1.29 is 24.6 Å². The highest BCUT2D eigenvalue weighted by atomic mass is 16.4. The molecule has 0 aromatic heterocycles.